The molecule has 0 saturated carbocycles. The van der Waals surface area contributed by atoms with Crippen LogP contribution < -0.4 is 10.6 Å². The largest absolute Gasteiger partial charge is 0.376 e. The van der Waals surface area contributed by atoms with Gasteiger partial charge < -0.3 is 20.4 Å². The Bertz CT molecular complexity index is 1050. The quantitative estimate of drug-likeness (QED) is 0.560. The normalized spacial score (nSPS) is 18.4. The van der Waals surface area contributed by atoms with E-state index >= 15 is 0 Å². The van der Waals surface area contributed by atoms with Gasteiger partial charge in [-0.2, -0.15) is 0 Å². The van der Waals surface area contributed by atoms with E-state index in [9.17, 15) is 9.59 Å². The number of pyridine rings is 1. The summed E-state index contributed by atoms with van der Waals surface area (Å²) in [6, 6.07) is 9.09. The Morgan fingerprint density at radius 1 is 1.27 bits per heavy atom. The fourth-order valence-corrected chi connectivity index (χ4v) is 3.92. The number of amides is 2. The SMILES string of the molecule is CCC(C)C(NC(=O)c1cc2c(cn1)[nH]c1ccccc12)C(=O)NCC1CCCO1. The van der Waals surface area contributed by atoms with Crippen molar-refractivity contribution in [2.45, 2.75) is 45.3 Å². The Morgan fingerprint density at radius 2 is 2.10 bits per heavy atom. The van der Waals surface area contributed by atoms with Crippen molar-refractivity contribution >= 4 is 33.6 Å². The number of ether oxygens (including phenoxy) is 1. The molecule has 1 fully saturated rings. The van der Waals surface area contributed by atoms with Gasteiger partial charge in [-0.25, -0.2) is 4.98 Å². The Hall–Kier alpha value is -2.93. The number of benzene rings is 1. The third-order valence-electron chi connectivity index (χ3n) is 5.93. The number of carbonyl (C=O) groups excluding carboxylic acids is 2. The number of hydrogen-bond donors (Lipinski definition) is 3. The molecule has 4 rings (SSSR count). The highest BCUT2D eigenvalue weighted by Crippen LogP contribution is 2.25. The van der Waals surface area contributed by atoms with Crippen LogP contribution >= 0.6 is 0 Å². The molecule has 2 aromatic heterocycles. The van der Waals surface area contributed by atoms with Gasteiger partial charge in [-0.1, -0.05) is 38.5 Å². The number of aromatic amines is 1. The molecule has 3 N–H and O–H groups in total. The van der Waals surface area contributed by atoms with Crippen LogP contribution in [0.5, 0.6) is 0 Å². The average molecular weight is 409 g/mol. The molecule has 0 bridgehead atoms. The van der Waals surface area contributed by atoms with Crippen LogP contribution in [0.3, 0.4) is 0 Å². The van der Waals surface area contributed by atoms with Crippen LogP contribution in [-0.2, 0) is 9.53 Å². The van der Waals surface area contributed by atoms with Gasteiger partial charge in [-0.15, -0.1) is 0 Å². The topological polar surface area (TPSA) is 96.1 Å². The molecule has 3 heterocycles. The van der Waals surface area contributed by atoms with Crippen LogP contribution in [0.15, 0.2) is 36.5 Å². The van der Waals surface area contributed by atoms with Gasteiger partial charge in [0.05, 0.1) is 17.8 Å². The smallest absolute Gasteiger partial charge is 0.270 e. The van der Waals surface area contributed by atoms with Crippen LogP contribution in [0.4, 0.5) is 0 Å². The van der Waals surface area contributed by atoms with E-state index in [0.717, 1.165) is 47.7 Å². The molecule has 7 heteroatoms. The third kappa shape index (κ3) is 4.16. The molecule has 0 aliphatic carbocycles. The van der Waals surface area contributed by atoms with E-state index in [2.05, 4.69) is 20.6 Å². The zero-order chi connectivity index (χ0) is 21.1. The molecule has 1 saturated heterocycles. The zero-order valence-electron chi connectivity index (χ0n) is 17.4. The first-order chi connectivity index (χ1) is 14.6. The Labute approximate surface area is 175 Å². The Kier molecular flexibility index (Phi) is 5.99. The van der Waals surface area contributed by atoms with Crippen molar-refractivity contribution in [3.63, 3.8) is 0 Å². The molecule has 3 atom stereocenters. The molecule has 1 aliphatic heterocycles. The third-order valence-corrected chi connectivity index (χ3v) is 5.93. The van der Waals surface area contributed by atoms with Crippen molar-refractivity contribution in [2.75, 3.05) is 13.2 Å². The highest BCUT2D eigenvalue weighted by atomic mass is 16.5. The van der Waals surface area contributed by atoms with Crippen LogP contribution in [0.25, 0.3) is 21.8 Å². The number of para-hydroxylation sites is 1. The summed E-state index contributed by atoms with van der Waals surface area (Å²) in [7, 11) is 0. The molecule has 0 radical (unpaired) electrons. The van der Waals surface area contributed by atoms with E-state index in [0.29, 0.717) is 12.2 Å². The molecule has 1 aliphatic rings. The van der Waals surface area contributed by atoms with Gasteiger partial charge in [-0.05, 0) is 30.9 Å². The van der Waals surface area contributed by atoms with E-state index in [1.54, 1.807) is 12.3 Å². The fourth-order valence-electron chi connectivity index (χ4n) is 3.92. The van der Waals surface area contributed by atoms with Crippen LogP contribution in [-0.4, -0.2) is 47.1 Å². The van der Waals surface area contributed by atoms with Gasteiger partial charge in [0.1, 0.15) is 11.7 Å². The van der Waals surface area contributed by atoms with Gasteiger partial charge in [0.25, 0.3) is 5.91 Å². The molecule has 158 valence electrons. The second kappa shape index (κ2) is 8.83. The molecule has 0 spiro atoms. The summed E-state index contributed by atoms with van der Waals surface area (Å²) >= 11 is 0. The molecule has 2 amide bonds. The highest BCUT2D eigenvalue weighted by molar-refractivity contribution is 6.09. The predicted molar refractivity (Wildman–Crippen MR) is 116 cm³/mol. The molecule has 30 heavy (non-hydrogen) atoms. The second-order valence-corrected chi connectivity index (χ2v) is 8.00. The molecule has 3 aromatic rings. The van der Waals surface area contributed by atoms with E-state index in [-0.39, 0.29) is 23.8 Å². The van der Waals surface area contributed by atoms with Crippen LogP contribution in [0, 0.1) is 5.92 Å². The van der Waals surface area contributed by atoms with Crippen molar-refractivity contribution in [2.24, 2.45) is 5.92 Å². The monoisotopic (exact) mass is 408 g/mol. The summed E-state index contributed by atoms with van der Waals surface area (Å²) in [5.41, 5.74) is 2.17. The maximum Gasteiger partial charge on any atom is 0.270 e. The summed E-state index contributed by atoms with van der Waals surface area (Å²) in [6.45, 7) is 5.19. The number of fused-ring (bicyclic) bond motifs is 3. The number of H-pyrrole nitrogens is 1. The molecule has 7 nitrogen and oxygen atoms in total. The van der Waals surface area contributed by atoms with Crippen molar-refractivity contribution in [3.8, 4) is 0 Å². The van der Waals surface area contributed by atoms with Crippen molar-refractivity contribution < 1.29 is 14.3 Å². The summed E-state index contributed by atoms with van der Waals surface area (Å²) in [6.07, 6.45) is 4.48. The summed E-state index contributed by atoms with van der Waals surface area (Å²) < 4.78 is 5.57. The van der Waals surface area contributed by atoms with Gasteiger partial charge in [-0.3, -0.25) is 9.59 Å². The standard InChI is InChI=1S/C23H28N4O3/c1-3-14(2)21(23(29)25-12-15-7-6-10-30-15)27-22(28)19-11-17-16-8-4-5-9-18(16)26-20(17)13-24-19/h4-5,8-9,11,13-15,21,26H,3,6-7,10,12H2,1-2H3,(H,25,29)(H,27,28). The number of nitrogens with zero attached hydrogens (tertiary/aromatic N) is 1. The van der Waals surface area contributed by atoms with Crippen LogP contribution in [0.1, 0.15) is 43.6 Å². The summed E-state index contributed by atoms with van der Waals surface area (Å²) in [5, 5.41) is 7.82. The van der Waals surface area contributed by atoms with Crippen molar-refractivity contribution in [3.05, 3.63) is 42.2 Å². The maximum atomic E-state index is 13.0. The lowest BCUT2D eigenvalue weighted by atomic mass is 9.98. The Morgan fingerprint density at radius 3 is 2.87 bits per heavy atom. The van der Waals surface area contributed by atoms with E-state index in [1.807, 2.05) is 38.1 Å². The predicted octanol–water partition coefficient (Wildman–Crippen LogP) is 3.16. The van der Waals surface area contributed by atoms with Gasteiger partial charge in [0.15, 0.2) is 0 Å². The van der Waals surface area contributed by atoms with Crippen molar-refractivity contribution in [1.82, 2.24) is 20.6 Å². The first-order valence-corrected chi connectivity index (χ1v) is 10.6. The Balaban J connectivity index is 1.51. The van der Waals surface area contributed by atoms with Gasteiger partial charge >= 0.3 is 0 Å². The number of nitrogens with one attached hydrogen (secondary N) is 3. The first-order valence-electron chi connectivity index (χ1n) is 10.6. The van der Waals surface area contributed by atoms with E-state index < -0.39 is 6.04 Å². The lowest BCUT2D eigenvalue weighted by molar-refractivity contribution is -0.124. The minimum atomic E-state index is -0.621. The number of aromatic nitrogens is 2. The second-order valence-electron chi connectivity index (χ2n) is 8.00. The number of rotatable bonds is 7. The summed E-state index contributed by atoms with van der Waals surface area (Å²) in [5.74, 6) is -0.531. The maximum absolute atomic E-state index is 13.0. The van der Waals surface area contributed by atoms with Gasteiger partial charge in [0.2, 0.25) is 5.91 Å². The lowest BCUT2D eigenvalue weighted by Gasteiger charge is -2.24. The molecule has 1 aromatic carbocycles. The molecular formula is C23H28N4O3. The number of hydrogen-bond acceptors (Lipinski definition) is 4. The highest BCUT2D eigenvalue weighted by Gasteiger charge is 2.28. The minimum Gasteiger partial charge on any atom is -0.376 e. The van der Waals surface area contributed by atoms with Crippen LogP contribution in [0.2, 0.25) is 0 Å². The number of carbonyl (C=O) groups is 2. The molecule has 3 unspecified atom stereocenters. The minimum absolute atomic E-state index is 0.00438. The fraction of sp³-hybridized carbons (Fsp3) is 0.435. The average Bonchev–Trinajstić information content (AvgIpc) is 3.42. The van der Waals surface area contributed by atoms with E-state index in [1.165, 1.54) is 0 Å². The zero-order valence-corrected chi connectivity index (χ0v) is 17.4. The molecular weight excluding hydrogens is 380 g/mol. The summed E-state index contributed by atoms with van der Waals surface area (Å²) in [4.78, 5) is 33.4. The first kappa shape index (κ1) is 20.3. The van der Waals surface area contributed by atoms with Crippen molar-refractivity contribution in [1.29, 1.82) is 0 Å². The van der Waals surface area contributed by atoms with Gasteiger partial charge in [0, 0.05) is 29.4 Å². The lowest BCUT2D eigenvalue weighted by Crippen LogP contribution is -2.51. The van der Waals surface area contributed by atoms with E-state index in [4.69, 9.17) is 4.74 Å².